The normalized spacial score (nSPS) is 23.3. The molecule has 0 aliphatic carbocycles. The maximum absolute atomic E-state index is 13.3. The van der Waals surface area contributed by atoms with Crippen LogP contribution in [0, 0.1) is 11.7 Å². The summed E-state index contributed by atoms with van der Waals surface area (Å²) in [4.78, 5) is 20.0. The summed E-state index contributed by atoms with van der Waals surface area (Å²) in [7, 11) is -1.08. The highest BCUT2D eigenvalue weighted by Crippen LogP contribution is 2.26. The maximum Gasteiger partial charge on any atom is 0.225 e. The van der Waals surface area contributed by atoms with Crippen LogP contribution in [0.15, 0.2) is 24.3 Å². The van der Waals surface area contributed by atoms with Crippen LogP contribution in [0.1, 0.15) is 25.0 Å². The third-order valence-corrected chi connectivity index (χ3v) is 7.78. The zero-order chi connectivity index (χ0) is 19.9. The van der Waals surface area contributed by atoms with Crippen molar-refractivity contribution in [3.05, 3.63) is 35.8 Å². The molecule has 0 spiro atoms. The molecule has 152 valence electrons. The molecular formula is C20H26FN3O3S. The Labute approximate surface area is 164 Å². The molecule has 4 rings (SSSR count). The number of aromatic amines is 1. The number of fused-ring (bicyclic) bond motifs is 1. The molecule has 2 aliphatic heterocycles. The smallest absolute Gasteiger partial charge is 0.225 e. The first-order chi connectivity index (χ1) is 13.3. The summed E-state index contributed by atoms with van der Waals surface area (Å²) in [6.45, 7) is 2.00. The number of likely N-dealkylation sites (tertiary alicyclic amines) is 1. The minimum absolute atomic E-state index is 0.0268. The van der Waals surface area contributed by atoms with E-state index in [2.05, 4.69) is 9.88 Å². The van der Waals surface area contributed by atoms with E-state index in [0.29, 0.717) is 13.0 Å². The topological polar surface area (TPSA) is 73.5 Å². The Bertz CT molecular complexity index is 980. The van der Waals surface area contributed by atoms with Gasteiger partial charge in [0, 0.05) is 35.6 Å². The molecule has 2 saturated heterocycles. The lowest BCUT2D eigenvalue weighted by molar-refractivity contribution is -0.136. The van der Waals surface area contributed by atoms with Crippen LogP contribution in [0.4, 0.5) is 4.39 Å². The summed E-state index contributed by atoms with van der Waals surface area (Å²) in [5, 5.41) is 0.802. The first-order valence-corrected chi connectivity index (χ1v) is 11.6. The van der Waals surface area contributed by atoms with Crippen LogP contribution in [0.3, 0.4) is 0 Å². The fourth-order valence-corrected chi connectivity index (χ4v) is 6.23. The van der Waals surface area contributed by atoms with Gasteiger partial charge >= 0.3 is 0 Å². The van der Waals surface area contributed by atoms with Gasteiger partial charge in [-0.15, -0.1) is 0 Å². The summed E-state index contributed by atoms with van der Waals surface area (Å²) in [5.74, 6) is 0.356. The van der Waals surface area contributed by atoms with Crippen molar-refractivity contribution < 1.29 is 17.6 Å². The molecule has 0 saturated carbocycles. The number of benzene rings is 1. The molecule has 8 heteroatoms. The molecule has 28 heavy (non-hydrogen) atoms. The van der Waals surface area contributed by atoms with Crippen LogP contribution in [0.2, 0.25) is 0 Å². The summed E-state index contributed by atoms with van der Waals surface area (Å²) in [6.07, 6.45) is 2.23. The lowest BCUT2D eigenvalue weighted by atomic mass is 9.94. The van der Waals surface area contributed by atoms with Crippen LogP contribution in [-0.4, -0.2) is 66.8 Å². The van der Waals surface area contributed by atoms with Gasteiger partial charge < -0.3 is 9.88 Å². The van der Waals surface area contributed by atoms with E-state index in [1.807, 2.05) is 6.07 Å². The van der Waals surface area contributed by atoms with E-state index in [9.17, 15) is 17.6 Å². The first kappa shape index (κ1) is 19.4. The average Bonchev–Trinajstić information content (AvgIpc) is 3.22. The van der Waals surface area contributed by atoms with Gasteiger partial charge in [-0.2, -0.15) is 0 Å². The lowest BCUT2D eigenvalue weighted by Gasteiger charge is -2.36. The summed E-state index contributed by atoms with van der Waals surface area (Å²) in [5.41, 5.74) is 1.74. The predicted octanol–water partition coefficient (Wildman–Crippen LogP) is 2.16. The zero-order valence-electron chi connectivity index (χ0n) is 16.0. The molecule has 6 nitrogen and oxygen atoms in total. The number of nitrogens with zero attached hydrogens (tertiary/aromatic N) is 2. The number of nitrogens with one attached hydrogen (secondary N) is 1. The Kier molecular flexibility index (Phi) is 5.18. The summed E-state index contributed by atoms with van der Waals surface area (Å²) in [6, 6.07) is 6.60. The van der Waals surface area contributed by atoms with E-state index < -0.39 is 9.84 Å². The SMILES string of the molecule is CN(Cc1cc2cc(F)ccc2[nH]1)C(=O)C1CCN(C2CCS(=O)(=O)C2)CC1. The molecule has 0 radical (unpaired) electrons. The van der Waals surface area contributed by atoms with E-state index in [0.717, 1.165) is 42.5 Å². The molecule has 3 heterocycles. The van der Waals surface area contributed by atoms with Gasteiger partial charge in [-0.3, -0.25) is 9.69 Å². The maximum atomic E-state index is 13.3. The Morgan fingerprint density at radius 2 is 2.00 bits per heavy atom. The number of piperidine rings is 1. The van der Waals surface area contributed by atoms with Crippen molar-refractivity contribution in [3.8, 4) is 0 Å². The van der Waals surface area contributed by atoms with Gasteiger partial charge in [0.1, 0.15) is 5.82 Å². The number of sulfone groups is 1. The Hall–Kier alpha value is -1.93. The van der Waals surface area contributed by atoms with Gasteiger partial charge in [-0.05, 0) is 56.6 Å². The molecule has 0 bridgehead atoms. The molecule has 2 fully saturated rings. The Balaban J connectivity index is 1.33. The molecule has 1 N–H and O–H groups in total. The number of carbonyl (C=O) groups is 1. The number of amides is 1. The Morgan fingerprint density at radius 3 is 2.68 bits per heavy atom. The van der Waals surface area contributed by atoms with Gasteiger partial charge in [-0.25, -0.2) is 12.8 Å². The number of hydrogen-bond donors (Lipinski definition) is 1. The predicted molar refractivity (Wildman–Crippen MR) is 106 cm³/mol. The van der Waals surface area contributed by atoms with E-state index in [1.54, 1.807) is 18.0 Å². The molecule has 1 aromatic carbocycles. The van der Waals surface area contributed by atoms with Crippen molar-refractivity contribution in [3.63, 3.8) is 0 Å². The minimum atomic E-state index is -2.88. The van der Waals surface area contributed by atoms with Crippen molar-refractivity contribution in [1.82, 2.24) is 14.8 Å². The molecule has 2 aromatic rings. The highest BCUT2D eigenvalue weighted by Gasteiger charge is 2.35. The van der Waals surface area contributed by atoms with Crippen molar-refractivity contribution in [2.75, 3.05) is 31.6 Å². The third kappa shape index (κ3) is 4.07. The second-order valence-electron chi connectivity index (χ2n) is 8.09. The van der Waals surface area contributed by atoms with Gasteiger partial charge in [0.2, 0.25) is 5.91 Å². The fraction of sp³-hybridized carbons (Fsp3) is 0.550. The summed E-state index contributed by atoms with van der Waals surface area (Å²) >= 11 is 0. The third-order valence-electron chi connectivity index (χ3n) is 6.03. The highest BCUT2D eigenvalue weighted by molar-refractivity contribution is 7.91. The molecular weight excluding hydrogens is 381 g/mol. The quantitative estimate of drug-likeness (QED) is 0.843. The fourth-order valence-electron chi connectivity index (χ4n) is 4.47. The summed E-state index contributed by atoms with van der Waals surface area (Å²) < 4.78 is 36.7. The van der Waals surface area contributed by atoms with Crippen molar-refractivity contribution >= 4 is 26.6 Å². The standard InChI is InChI=1S/C20H26FN3O3S/c1-23(12-17-11-15-10-16(21)2-3-19(15)22-17)20(25)14-4-7-24(8-5-14)18-6-9-28(26,27)13-18/h2-3,10-11,14,18,22H,4-9,12-13H2,1H3. The van der Waals surface area contributed by atoms with Gasteiger partial charge in [-0.1, -0.05) is 0 Å². The van der Waals surface area contributed by atoms with E-state index >= 15 is 0 Å². The van der Waals surface area contributed by atoms with Crippen LogP contribution < -0.4 is 0 Å². The second-order valence-corrected chi connectivity index (χ2v) is 10.3. The Morgan fingerprint density at radius 1 is 1.25 bits per heavy atom. The van der Waals surface area contributed by atoms with Crippen LogP contribution in [-0.2, 0) is 21.2 Å². The molecule has 1 atom stereocenters. The van der Waals surface area contributed by atoms with Crippen molar-refractivity contribution in [1.29, 1.82) is 0 Å². The van der Waals surface area contributed by atoms with Gasteiger partial charge in [0.15, 0.2) is 9.84 Å². The largest absolute Gasteiger partial charge is 0.357 e. The first-order valence-electron chi connectivity index (χ1n) is 9.77. The number of halogens is 1. The second kappa shape index (κ2) is 7.48. The van der Waals surface area contributed by atoms with Gasteiger partial charge in [0.25, 0.3) is 0 Å². The van der Waals surface area contributed by atoms with E-state index in [1.165, 1.54) is 12.1 Å². The molecule has 1 amide bonds. The van der Waals surface area contributed by atoms with Crippen molar-refractivity contribution in [2.24, 2.45) is 5.92 Å². The van der Waals surface area contributed by atoms with Crippen molar-refractivity contribution in [2.45, 2.75) is 31.8 Å². The van der Waals surface area contributed by atoms with Gasteiger partial charge in [0.05, 0.1) is 18.1 Å². The van der Waals surface area contributed by atoms with Crippen LogP contribution >= 0.6 is 0 Å². The van der Waals surface area contributed by atoms with E-state index in [4.69, 9.17) is 0 Å². The zero-order valence-corrected chi connectivity index (χ0v) is 16.8. The average molecular weight is 408 g/mol. The molecule has 1 aromatic heterocycles. The number of aromatic nitrogens is 1. The monoisotopic (exact) mass is 407 g/mol. The molecule has 2 aliphatic rings. The van der Waals surface area contributed by atoms with Crippen LogP contribution in [0.5, 0.6) is 0 Å². The van der Waals surface area contributed by atoms with E-state index in [-0.39, 0.29) is 35.2 Å². The minimum Gasteiger partial charge on any atom is -0.357 e. The lowest BCUT2D eigenvalue weighted by Crippen LogP contribution is -2.45. The number of hydrogen-bond acceptors (Lipinski definition) is 4. The number of carbonyl (C=O) groups excluding carboxylic acids is 1. The number of rotatable bonds is 4. The highest BCUT2D eigenvalue weighted by atomic mass is 32.2. The molecule has 1 unspecified atom stereocenters. The number of H-pyrrole nitrogens is 1. The van der Waals surface area contributed by atoms with Crippen LogP contribution in [0.25, 0.3) is 10.9 Å².